The lowest BCUT2D eigenvalue weighted by Gasteiger charge is -2.26. The van der Waals surface area contributed by atoms with Gasteiger partial charge in [0, 0.05) is 42.1 Å². The second kappa shape index (κ2) is 9.35. The third-order valence-corrected chi connectivity index (χ3v) is 6.09. The van der Waals surface area contributed by atoms with Crippen molar-refractivity contribution >= 4 is 16.8 Å². The third kappa shape index (κ3) is 4.29. The first kappa shape index (κ1) is 20.4. The van der Waals surface area contributed by atoms with Gasteiger partial charge in [0.05, 0.1) is 13.2 Å². The Kier molecular flexibility index (Phi) is 5.98. The van der Waals surface area contributed by atoms with Gasteiger partial charge in [0.25, 0.3) is 0 Å². The van der Waals surface area contributed by atoms with Crippen molar-refractivity contribution in [1.29, 1.82) is 0 Å². The summed E-state index contributed by atoms with van der Waals surface area (Å²) in [4.78, 5) is 2.28. The maximum Gasteiger partial charge on any atom is 0.126 e. The number of anilines is 1. The van der Waals surface area contributed by atoms with E-state index in [9.17, 15) is 0 Å². The van der Waals surface area contributed by atoms with Crippen LogP contribution in [0.3, 0.4) is 0 Å². The maximum atomic E-state index is 5.89. The Morgan fingerprint density at radius 1 is 0.719 bits per heavy atom. The van der Waals surface area contributed by atoms with Crippen molar-refractivity contribution in [2.45, 2.75) is 32.6 Å². The minimum Gasteiger partial charge on any atom is -0.493 e. The molecule has 2 heterocycles. The summed E-state index contributed by atoms with van der Waals surface area (Å²) in [6.45, 7) is 3.64. The molecule has 0 unspecified atom stereocenters. The molecule has 0 aliphatic carbocycles. The van der Waals surface area contributed by atoms with E-state index in [1.807, 2.05) is 12.1 Å². The van der Waals surface area contributed by atoms with E-state index in [1.54, 1.807) is 0 Å². The van der Waals surface area contributed by atoms with Gasteiger partial charge in [-0.1, -0.05) is 61.9 Å². The molecule has 0 atom stereocenters. The van der Waals surface area contributed by atoms with Crippen LogP contribution in [-0.2, 0) is 6.42 Å². The van der Waals surface area contributed by atoms with Crippen LogP contribution in [0.5, 0.6) is 11.5 Å². The van der Waals surface area contributed by atoms with Gasteiger partial charge >= 0.3 is 0 Å². The van der Waals surface area contributed by atoms with Crippen LogP contribution in [0.2, 0.25) is 0 Å². The molecule has 0 fully saturated rings. The highest BCUT2D eigenvalue weighted by Gasteiger charge is 2.18. The molecular formula is C29H29NO2. The normalized spacial score (nSPS) is 17.3. The first-order valence-electron chi connectivity index (χ1n) is 11.5. The van der Waals surface area contributed by atoms with Gasteiger partial charge in [0.15, 0.2) is 0 Å². The van der Waals surface area contributed by atoms with Crippen molar-refractivity contribution in [3.63, 3.8) is 0 Å². The van der Waals surface area contributed by atoms with E-state index in [2.05, 4.69) is 84.9 Å². The van der Waals surface area contributed by atoms with E-state index in [4.69, 9.17) is 9.47 Å². The first-order valence-corrected chi connectivity index (χ1v) is 11.5. The summed E-state index contributed by atoms with van der Waals surface area (Å²) >= 11 is 0. The number of ether oxygens (including phenoxy) is 2. The molecule has 0 N–H and O–H groups in total. The summed E-state index contributed by atoms with van der Waals surface area (Å²) in [5.74, 6) is 1.93. The van der Waals surface area contributed by atoms with E-state index < -0.39 is 0 Å². The topological polar surface area (TPSA) is 21.7 Å². The van der Waals surface area contributed by atoms with Crippen LogP contribution in [-0.4, -0.2) is 13.2 Å². The van der Waals surface area contributed by atoms with Gasteiger partial charge in [-0.25, -0.2) is 0 Å². The Hall–Kier alpha value is -3.46. The standard InChI is InChI=1S/C29H29NO2/c1-2-7-22-12-14-25(15-13-22)30(20-23-16-18-31-28-10-5-3-8-26(23)28)21-24-17-19-32-29-11-6-4-9-27(24)29/h3-6,8-15,20-21H,2,7,16-19H2,1H3/b23-20-,24-21+. The maximum absolute atomic E-state index is 5.89. The smallest absolute Gasteiger partial charge is 0.126 e. The molecule has 3 aromatic carbocycles. The van der Waals surface area contributed by atoms with Crippen LogP contribution < -0.4 is 14.4 Å². The largest absolute Gasteiger partial charge is 0.493 e. The molecule has 2 aliphatic heterocycles. The number of benzene rings is 3. The first-order chi connectivity index (χ1) is 15.8. The highest BCUT2D eigenvalue weighted by Crippen LogP contribution is 2.36. The predicted octanol–water partition coefficient (Wildman–Crippen LogP) is 7.09. The van der Waals surface area contributed by atoms with Crippen LogP contribution in [0.4, 0.5) is 5.69 Å². The third-order valence-electron chi connectivity index (χ3n) is 6.09. The molecule has 32 heavy (non-hydrogen) atoms. The Morgan fingerprint density at radius 2 is 1.25 bits per heavy atom. The SMILES string of the molecule is CCCc1ccc(N(/C=C2/CCOc3ccccc32)/C=C2\CCOc3ccccc32)cc1. The van der Waals surface area contributed by atoms with Crippen LogP contribution in [0.15, 0.2) is 85.2 Å². The number of para-hydroxylation sites is 2. The zero-order valence-electron chi connectivity index (χ0n) is 18.6. The quantitative estimate of drug-likeness (QED) is 0.437. The molecule has 0 saturated heterocycles. The molecule has 0 bridgehead atoms. The van der Waals surface area contributed by atoms with Crippen LogP contribution in [0.1, 0.15) is 42.9 Å². The zero-order valence-corrected chi connectivity index (χ0v) is 18.6. The molecule has 162 valence electrons. The highest BCUT2D eigenvalue weighted by atomic mass is 16.5. The van der Waals surface area contributed by atoms with Gasteiger partial charge in [-0.15, -0.1) is 0 Å². The van der Waals surface area contributed by atoms with Gasteiger partial charge in [0.2, 0.25) is 0 Å². The van der Waals surface area contributed by atoms with E-state index in [0.717, 1.165) is 42.9 Å². The molecule has 5 rings (SSSR count). The van der Waals surface area contributed by atoms with Crippen LogP contribution in [0, 0.1) is 0 Å². The van der Waals surface area contributed by atoms with Gasteiger partial charge in [-0.3, -0.25) is 0 Å². The minimum absolute atomic E-state index is 0.708. The average molecular weight is 424 g/mol. The number of fused-ring (bicyclic) bond motifs is 2. The molecule has 0 radical (unpaired) electrons. The number of hydrogen-bond donors (Lipinski definition) is 0. The van der Waals surface area contributed by atoms with Crippen molar-refractivity contribution in [3.05, 3.63) is 102 Å². The lowest BCUT2D eigenvalue weighted by molar-refractivity contribution is 0.316. The summed E-state index contributed by atoms with van der Waals surface area (Å²) in [6, 6.07) is 25.6. The number of aryl methyl sites for hydroxylation is 1. The molecule has 0 aromatic heterocycles. The molecule has 0 spiro atoms. The summed E-state index contributed by atoms with van der Waals surface area (Å²) in [6.07, 6.45) is 8.61. The fraction of sp³-hybridized carbons (Fsp3) is 0.241. The fourth-order valence-electron chi connectivity index (χ4n) is 4.44. The van der Waals surface area contributed by atoms with E-state index in [-0.39, 0.29) is 0 Å². The van der Waals surface area contributed by atoms with Gasteiger partial charge in [-0.2, -0.15) is 0 Å². The summed E-state index contributed by atoms with van der Waals surface area (Å²) in [5.41, 5.74) is 7.49. The Bertz CT molecular complexity index is 1080. The minimum atomic E-state index is 0.708. The van der Waals surface area contributed by atoms with Crippen molar-refractivity contribution in [3.8, 4) is 11.5 Å². The molecule has 0 saturated carbocycles. The lowest BCUT2D eigenvalue weighted by atomic mass is 9.99. The Morgan fingerprint density at radius 3 is 1.78 bits per heavy atom. The van der Waals surface area contributed by atoms with E-state index in [0.29, 0.717) is 13.2 Å². The summed E-state index contributed by atoms with van der Waals surface area (Å²) in [7, 11) is 0. The number of nitrogens with zero attached hydrogens (tertiary/aromatic N) is 1. The van der Waals surface area contributed by atoms with Crippen molar-refractivity contribution < 1.29 is 9.47 Å². The monoisotopic (exact) mass is 423 g/mol. The van der Waals surface area contributed by atoms with Gasteiger partial charge < -0.3 is 14.4 Å². The molecular weight excluding hydrogens is 394 g/mol. The Labute approximate surface area is 190 Å². The Balaban J connectivity index is 1.58. The highest BCUT2D eigenvalue weighted by molar-refractivity contribution is 5.78. The molecule has 3 aromatic rings. The van der Waals surface area contributed by atoms with Crippen LogP contribution >= 0.6 is 0 Å². The zero-order chi connectivity index (χ0) is 21.8. The van der Waals surface area contributed by atoms with E-state index in [1.165, 1.54) is 27.8 Å². The van der Waals surface area contributed by atoms with E-state index >= 15 is 0 Å². The fourth-order valence-corrected chi connectivity index (χ4v) is 4.44. The molecule has 3 heteroatoms. The number of rotatable bonds is 5. The summed E-state index contributed by atoms with van der Waals surface area (Å²) < 4.78 is 11.8. The molecule has 3 nitrogen and oxygen atoms in total. The lowest BCUT2D eigenvalue weighted by Crippen LogP contribution is -2.15. The molecule has 0 amide bonds. The second-order valence-electron chi connectivity index (χ2n) is 8.32. The second-order valence-corrected chi connectivity index (χ2v) is 8.32. The van der Waals surface area contributed by atoms with Crippen molar-refractivity contribution in [2.24, 2.45) is 0 Å². The predicted molar refractivity (Wildman–Crippen MR) is 132 cm³/mol. The molecule has 2 aliphatic rings. The summed E-state index contributed by atoms with van der Waals surface area (Å²) in [5, 5.41) is 0. The van der Waals surface area contributed by atoms with Crippen molar-refractivity contribution in [1.82, 2.24) is 0 Å². The van der Waals surface area contributed by atoms with Gasteiger partial charge in [-0.05, 0) is 47.4 Å². The van der Waals surface area contributed by atoms with Gasteiger partial charge in [0.1, 0.15) is 11.5 Å². The van der Waals surface area contributed by atoms with Crippen LogP contribution in [0.25, 0.3) is 11.1 Å². The average Bonchev–Trinajstić information content (AvgIpc) is 2.85. The number of hydrogen-bond acceptors (Lipinski definition) is 3. The van der Waals surface area contributed by atoms with Crippen molar-refractivity contribution in [2.75, 3.05) is 18.1 Å².